The van der Waals surface area contributed by atoms with Crippen molar-refractivity contribution in [2.45, 2.75) is 65.0 Å². The van der Waals surface area contributed by atoms with Crippen LogP contribution < -0.4 is 0 Å². The van der Waals surface area contributed by atoms with Crippen LogP contribution in [0.1, 0.15) is 53.4 Å². The molecule has 2 aliphatic rings. The molecule has 6 heteroatoms. The average molecular weight is 340 g/mol. The van der Waals surface area contributed by atoms with Crippen molar-refractivity contribution < 1.29 is 19.1 Å². The van der Waals surface area contributed by atoms with Gasteiger partial charge in [-0.3, -0.25) is 9.69 Å². The topological polar surface area (TPSA) is 59.1 Å². The molecule has 1 aliphatic carbocycles. The van der Waals surface area contributed by atoms with Crippen LogP contribution in [0.2, 0.25) is 0 Å². The lowest BCUT2D eigenvalue weighted by atomic mass is 9.85. The Bertz CT molecular complexity index is 431. The van der Waals surface area contributed by atoms with Crippen molar-refractivity contribution in [2.75, 3.05) is 32.8 Å². The molecule has 0 bridgehead atoms. The van der Waals surface area contributed by atoms with Crippen molar-refractivity contribution in [1.82, 2.24) is 9.80 Å². The number of amides is 1. The van der Waals surface area contributed by atoms with Gasteiger partial charge in [-0.2, -0.15) is 0 Å². The van der Waals surface area contributed by atoms with Crippen molar-refractivity contribution in [3.63, 3.8) is 0 Å². The van der Waals surface area contributed by atoms with Gasteiger partial charge >= 0.3 is 12.1 Å². The van der Waals surface area contributed by atoms with E-state index in [0.29, 0.717) is 25.7 Å². The summed E-state index contributed by atoms with van der Waals surface area (Å²) in [7, 11) is 0. The summed E-state index contributed by atoms with van der Waals surface area (Å²) in [4.78, 5) is 28.2. The van der Waals surface area contributed by atoms with E-state index in [1.807, 2.05) is 27.7 Å². The van der Waals surface area contributed by atoms with Gasteiger partial charge in [-0.25, -0.2) is 4.79 Å². The number of piperazine rings is 1. The molecule has 0 unspecified atom stereocenters. The van der Waals surface area contributed by atoms with E-state index in [9.17, 15) is 9.59 Å². The van der Waals surface area contributed by atoms with Gasteiger partial charge in [-0.05, 0) is 53.4 Å². The fourth-order valence-corrected chi connectivity index (χ4v) is 3.53. The molecule has 6 nitrogen and oxygen atoms in total. The van der Waals surface area contributed by atoms with Gasteiger partial charge in [-0.15, -0.1) is 0 Å². The summed E-state index contributed by atoms with van der Waals surface area (Å²) in [6, 6.07) is 0.525. The van der Waals surface area contributed by atoms with Crippen molar-refractivity contribution in [2.24, 2.45) is 5.92 Å². The second-order valence-electron chi connectivity index (χ2n) is 7.76. The first-order valence-electron chi connectivity index (χ1n) is 9.18. The molecule has 0 N–H and O–H groups in total. The molecule has 0 aromatic rings. The Morgan fingerprint density at radius 3 is 2.08 bits per heavy atom. The summed E-state index contributed by atoms with van der Waals surface area (Å²) in [5.41, 5.74) is -0.445. The van der Waals surface area contributed by atoms with Crippen LogP contribution in [0.5, 0.6) is 0 Å². The molecule has 24 heavy (non-hydrogen) atoms. The number of ether oxygens (including phenoxy) is 2. The highest BCUT2D eigenvalue weighted by Gasteiger charge is 2.33. The SMILES string of the molecule is CCOC(=O)C1CCC(N2CCN(C(=O)OC(C)(C)C)CC2)CC1. The molecule has 1 amide bonds. The van der Waals surface area contributed by atoms with E-state index in [1.165, 1.54) is 0 Å². The quantitative estimate of drug-likeness (QED) is 0.739. The highest BCUT2D eigenvalue weighted by atomic mass is 16.6. The third kappa shape index (κ3) is 5.36. The second-order valence-corrected chi connectivity index (χ2v) is 7.76. The number of nitrogens with zero attached hydrogens (tertiary/aromatic N) is 2. The molecule has 0 aromatic carbocycles. The molecular weight excluding hydrogens is 308 g/mol. The van der Waals surface area contributed by atoms with Crippen LogP contribution >= 0.6 is 0 Å². The Balaban J connectivity index is 1.74. The average Bonchev–Trinajstić information content (AvgIpc) is 2.54. The third-order valence-electron chi connectivity index (χ3n) is 4.80. The Hall–Kier alpha value is -1.30. The second kappa shape index (κ2) is 8.19. The van der Waals surface area contributed by atoms with Gasteiger partial charge in [0.25, 0.3) is 0 Å². The zero-order valence-electron chi connectivity index (χ0n) is 15.5. The minimum Gasteiger partial charge on any atom is -0.466 e. The van der Waals surface area contributed by atoms with E-state index >= 15 is 0 Å². The van der Waals surface area contributed by atoms with Crippen LogP contribution in [0.25, 0.3) is 0 Å². The zero-order chi connectivity index (χ0) is 17.7. The molecule has 1 saturated carbocycles. The molecule has 2 rings (SSSR count). The normalized spacial score (nSPS) is 26.1. The summed E-state index contributed by atoms with van der Waals surface area (Å²) in [5.74, 6) is 0.0370. The predicted octanol–water partition coefficient (Wildman–Crippen LogP) is 2.66. The van der Waals surface area contributed by atoms with Crippen LogP contribution in [-0.2, 0) is 14.3 Å². The van der Waals surface area contributed by atoms with Gasteiger partial charge < -0.3 is 14.4 Å². The summed E-state index contributed by atoms with van der Waals surface area (Å²) in [6.07, 6.45) is 3.69. The largest absolute Gasteiger partial charge is 0.466 e. The van der Waals surface area contributed by atoms with E-state index in [1.54, 1.807) is 4.90 Å². The number of hydrogen-bond acceptors (Lipinski definition) is 5. The van der Waals surface area contributed by atoms with E-state index in [0.717, 1.165) is 38.8 Å². The van der Waals surface area contributed by atoms with E-state index in [2.05, 4.69) is 4.90 Å². The standard InChI is InChI=1S/C18H32N2O4/c1-5-23-16(21)14-6-8-15(9-7-14)19-10-12-20(13-11-19)17(22)24-18(2,3)4/h14-15H,5-13H2,1-4H3. The molecule has 138 valence electrons. The van der Waals surface area contributed by atoms with Gasteiger partial charge in [0.05, 0.1) is 12.5 Å². The van der Waals surface area contributed by atoms with Crippen molar-refractivity contribution in [3.05, 3.63) is 0 Å². The van der Waals surface area contributed by atoms with Crippen LogP contribution in [0.4, 0.5) is 4.79 Å². The third-order valence-corrected chi connectivity index (χ3v) is 4.80. The maximum absolute atomic E-state index is 12.1. The van der Waals surface area contributed by atoms with Crippen LogP contribution in [0.3, 0.4) is 0 Å². The van der Waals surface area contributed by atoms with Crippen molar-refractivity contribution in [1.29, 1.82) is 0 Å². The van der Waals surface area contributed by atoms with Gasteiger partial charge in [0, 0.05) is 32.2 Å². The lowest BCUT2D eigenvalue weighted by molar-refractivity contribution is -0.149. The van der Waals surface area contributed by atoms with Crippen LogP contribution in [0.15, 0.2) is 0 Å². The predicted molar refractivity (Wildman–Crippen MR) is 91.8 cm³/mol. The van der Waals surface area contributed by atoms with Gasteiger partial charge in [-0.1, -0.05) is 0 Å². The fourth-order valence-electron chi connectivity index (χ4n) is 3.53. The summed E-state index contributed by atoms with van der Waals surface area (Å²) in [6.45, 7) is 11.2. The fraction of sp³-hybridized carbons (Fsp3) is 0.889. The molecule has 0 radical (unpaired) electrons. The minimum atomic E-state index is -0.445. The maximum Gasteiger partial charge on any atom is 0.410 e. The summed E-state index contributed by atoms with van der Waals surface area (Å²) >= 11 is 0. The smallest absolute Gasteiger partial charge is 0.410 e. The van der Waals surface area contributed by atoms with Crippen molar-refractivity contribution >= 4 is 12.1 Å². The highest BCUT2D eigenvalue weighted by Crippen LogP contribution is 2.29. The molecule has 1 saturated heterocycles. The molecule has 0 spiro atoms. The Morgan fingerprint density at radius 2 is 1.58 bits per heavy atom. The van der Waals surface area contributed by atoms with Gasteiger partial charge in [0.2, 0.25) is 0 Å². The number of esters is 1. The first-order chi connectivity index (χ1) is 11.3. The molecule has 0 atom stereocenters. The summed E-state index contributed by atoms with van der Waals surface area (Å²) in [5, 5.41) is 0. The number of rotatable bonds is 3. The van der Waals surface area contributed by atoms with E-state index in [-0.39, 0.29) is 18.0 Å². The Labute approximate surface area is 145 Å². The van der Waals surface area contributed by atoms with E-state index < -0.39 is 5.60 Å². The zero-order valence-corrected chi connectivity index (χ0v) is 15.5. The number of carbonyl (C=O) groups excluding carboxylic acids is 2. The molecule has 2 fully saturated rings. The lowest BCUT2D eigenvalue weighted by Crippen LogP contribution is -2.53. The van der Waals surface area contributed by atoms with Crippen molar-refractivity contribution in [3.8, 4) is 0 Å². The first-order valence-corrected chi connectivity index (χ1v) is 9.18. The van der Waals surface area contributed by atoms with Crippen LogP contribution in [0, 0.1) is 5.92 Å². The highest BCUT2D eigenvalue weighted by molar-refractivity contribution is 5.72. The van der Waals surface area contributed by atoms with E-state index in [4.69, 9.17) is 9.47 Å². The lowest BCUT2D eigenvalue weighted by Gasteiger charge is -2.41. The monoisotopic (exact) mass is 340 g/mol. The first kappa shape index (κ1) is 19.0. The number of carbonyl (C=O) groups is 2. The summed E-state index contributed by atoms with van der Waals surface area (Å²) < 4.78 is 10.6. The molecule has 1 heterocycles. The maximum atomic E-state index is 12.1. The van der Waals surface area contributed by atoms with Gasteiger partial charge in [0.1, 0.15) is 5.60 Å². The minimum absolute atomic E-state index is 0.0364. The van der Waals surface area contributed by atoms with Gasteiger partial charge in [0.15, 0.2) is 0 Å². The Morgan fingerprint density at radius 1 is 1.00 bits per heavy atom. The molecule has 0 aromatic heterocycles. The molecular formula is C18H32N2O4. The van der Waals surface area contributed by atoms with Crippen LogP contribution in [-0.4, -0.2) is 66.3 Å². The molecule has 1 aliphatic heterocycles. The Kier molecular flexibility index (Phi) is 6.49. The number of hydrogen-bond donors (Lipinski definition) is 0.